The summed E-state index contributed by atoms with van der Waals surface area (Å²) in [5, 5.41) is 0. The van der Waals surface area contributed by atoms with Crippen LogP contribution in [0.2, 0.25) is 0 Å². The Hall–Kier alpha value is -1.71. The van der Waals surface area contributed by atoms with Crippen LogP contribution in [0.15, 0.2) is 18.2 Å². The molecule has 0 aromatic heterocycles. The van der Waals surface area contributed by atoms with Crippen LogP contribution in [0.4, 0.5) is 5.69 Å². The van der Waals surface area contributed by atoms with Gasteiger partial charge in [0.05, 0.1) is 12.8 Å². The molecule has 0 bridgehead atoms. The Morgan fingerprint density at radius 1 is 1.47 bits per heavy atom. The summed E-state index contributed by atoms with van der Waals surface area (Å²) in [6, 6.07) is 5.90. The fraction of sp³-hybridized carbons (Fsp3) is 0.533. The van der Waals surface area contributed by atoms with Gasteiger partial charge in [-0.25, -0.2) is 0 Å². The van der Waals surface area contributed by atoms with Gasteiger partial charge in [0.1, 0.15) is 5.75 Å². The van der Waals surface area contributed by atoms with Gasteiger partial charge in [-0.05, 0) is 44.4 Å². The Labute approximate surface area is 114 Å². The summed E-state index contributed by atoms with van der Waals surface area (Å²) in [5.74, 6) is 0.640. The van der Waals surface area contributed by atoms with Gasteiger partial charge in [-0.2, -0.15) is 0 Å². The molecule has 4 nitrogen and oxygen atoms in total. The van der Waals surface area contributed by atoms with Crippen molar-refractivity contribution in [3.63, 3.8) is 0 Å². The minimum atomic E-state index is 0.0788. The first-order chi connectivity index (χ1) is 9.08. The molecule has 0 radical (unpaired) electrons. The Morgan fingerprint density at radius 3 is 2.84 bits per heavy atom. The average Bonchev–Trinajstić information content (AvgIpc) is 2.79. The van der Waals surface area contributed by atoms with Crippen molar-refractivity contribution in [1.29, 1.82) is 0 Å². The molecule has 2 unspecified atom stereocenters. The quantitative estimate of drug-likeness (QED) is 0.852. The van der Waals surface area contributed by atoms with Crippen molar-refractivity contribution in [1.82, 2.24) is 4.90 Å². The van der Waals surface area contributed by atoms with Gasteiger partial charge in [0.15, 0.2) is 0 Å². The van der Waals surface area contributed by atoms with Crippen LogP contribution in [0.1, 0.15) is 43.5 Å². The zero-order valence-electron chi connectivity index (χ0n) is 11.8. The summed E-state index contributed by atoms with van der Waals surface area (Å²) in [5.41, 5.74) is 6.99. The number of rotatable bonds is 3. The van der Waals surface area contributed by atoms with Gasteiger partial charge in [0, 0.05) is 17.6 Å². The lowest BCUT2D eigenvalue weighted by molar-refractivity contribution is 0.0676. The summed E-state index contributed by atoms with van der Waals surface area (Å²) in [6.07, 6.45) is 3.17. The molecular weight excluding hydrogens is 240 g/mol. The highest BCUT2D eigenvalue weighted by atomic mass is 16.5. The first-order valence-electron chi connectivity index (χ1n) is 6.84. The number of likely N-dealkylation sites (tertiary alicyclic amines) is 1. The number of methoxy groups -OCH3 is 1. The number of amides is 1. The van der Waals surface area contributed by atoms with Crippen LogP contribution in [0, 0.1) is 0 Å². The van der Waals surface area contributed by atoms with Gasteiger partial charge in [0.25, 0.3) is 5.91 Å². The van der Waals surface area contributed by atoms with Gasteiger partial charge >= 0.3 is 0 Å². The van der Waals surface area contributed by atoms with E-state index in [0.717, 1.165) is 19.3 Å². The van der Waals surface area contributed by atoms with E-state index in [1.54, 1.807) is 25.3 Å². The van der Waals surface area contributed by atoms with E-state index in [1.165, 1.54) is 0 Å². The van der Waals surface area contributed by atoms with Gasteiger partial charge in [0.2, 0.25) is 0 Å². The Bertz CT molecular complexity index is 473. The third-order valence-electron chi connectivity index (χ3n) is 3.97. The molecule has 19 heavy (non-hydrogen) atoms. The number of hydrogen-bond donors (Lipinski definition) is 1. The van der Waals surface area contributed by atoms with Crippen molar-refractivity contribution in [2.24, 2.45) is 0 Å². The lowest BCUT2D eigenvalue weighted by atomic mass is 10.1. The lowest BCUT2D eigenvalue weighted by Crippen LogP contribution is -2.39. The van der Waals surface area contributed by atoms with Crippen LogP contribution >= 0.6 is 0 Å². The second-order valence-electron chi connectivity index (χ2n) is 5.16. The highest BCUT2D eigenvalue weighted by Crippen LogP contribution is 2.29. The molecule has 1 amide bonds. The molecule has 0 aliphatic carbocycles. The van der Waals surface area contributed by atoms with Crippen molar-refractivity contribution in [2.45, 2.75) is 45.2 Å². The third-order valence-corrected chi connectivity index (χ3v) is 3.97. The largest absolute Gasteiger partial charge is 0.495 e. The van der Waals surface area contributed by atoms with Gasteiger partial charge < -0.3 is 15.4 Å². The molecule has 1 aromatic rings. The van der Waals surface area contributed by atoms with E-state index in [4.69, 9.17) is 10.5 Å². The van der Waals surface area contributed by atoms with Crippen molar-refractivity contribution in [3.05, 3.63) is 23.8 Å². The maximum absolute atomic E-state index is 12.6. The van der Waals surface area contributed by atoms with Gasteiger partial charge in [-0.15, -0.1) is 0 Å². The lowest BCUT2D eigenvalue weighted by Gasteiger charge is -2.28. The molecule has 1 aromatic carbocycles. The van der Waals surface area contributed by atoms with E-state index in [2.05, 4.69) is 13.8 Å². The molecule has 1 fully saturated rings. The molecule has 1 aliphatic rings. The number of benzene rings is 1. The first-order valence-corrected chi connectivity index (χ1v) is 6.84. The summed E-state index contributed by atoms with van der Waals surface area (Å²) in [4.78, 5) is 14.6. The summed E-state index contributed by atoms with van der Waals surface area (Å²) >= 11 is 0. The first kappa shape index (κ1) is 13.7. The monoisotopic (exact) mass is 262 g/mol. The Kier molecular flexibility index (Phi) is 3.98. The number of anilines is 1. The number of hydrogen-bond acceptors (Lipinski definition) is 3. The van der Waals surface area contributed by atoms with Crippen LogP contribution in [0.5, 0.6) is 5.75 Å². The highest BCUT2D eigenvalue weighted by Gasteiger charge is 2.33. The molecular formula is C15H22N2O2. The van der Waals surface area contributed by atoms with Gasteiger partial charge in [-0.1, -0.05) is 6.92 Å². The van der Waals surface area contributed by atoms with Crippen molar-refractivity contribution >= 4 is 11.6 Å². The maximum Gasteiger partial charge on any atom is 0.254 e. The second kappa shape index (κ2) is 5.51. The average molecular weight is 262 g/mol. The smallest absolute Gasteiger partial charge is 0.254 e. The minimum Gasteiger partial charge on any atom is -0.495 e. The summed E-state index contributed by atoms with van der Waals surface area (Å²) in [7, 11) is 1.56. The van der Waals surface area contributed by atoms with Crippen LogP contribution < -0.4 is 10.5 Å². The molecule has 2 N–H and O–H groups in total. The molecule has 1 aliphatic heterocycles. The SMILES string of the molecule is CCC1CCC(C)N1C(=O)c1ccc(N)c(OC)c1. The predicted octanol–water partition coefficient (Wildman–Crippen LogP) is 2.68. The fourth-order valence-electron chi connectivity index (χ4n) is 2.83. The third kappa shape index (κ3) is 2.53. The normalized spacial score (nSPS) is 22.6. The minimum absolute atomic E-state index is 0.0788. The van der Waals surface area contributed by atoms with Crippen LogP contribution in [0.3, 0.4) is 0 Å². The molecule has 4 heteroatoms. The summed E-state index contributed by atoms with van der Waals surface area (Å²) < 4.78 is 5.18. The van der Waals surface area contributed by atoms with E-state index in [9.17, 15) is 4.79 Å². The standard InChI is InChI=1S/C15H22N2O2/c1-4-12-7-5-10(2)17(12)15(18)11-6-8-13(16)14(9-11)19-3/h6,8-10,12H,4-5,7,16H2,1-3H3. The zero-order valence-corrected chi connectivity index (χ0v) is 11.8. The topological polar surface area (TPSA) is 55.6 Å². The van der Waals surface area contributed by atoms with Crippen molar-refractivity contribution in [3.8, 4) is 5.75 Å². The van der Waals surface area contributed by atoms with Crippen molar-refractivity contribution < 1.29 is 9.53 Å². The number of ether oxygens (including phenoxy) is 1. The zero-order chi connectivity index (χ0) is 14.0. The second-order valence-corrected chi connectivity index (χ2v) is 5.16. The van der Waals surface area contributed by atoms with E-state index in [0.29, 0.717) is 29.1 Å². The van der Waals surface area contributed by atoms with Crippen LogP contribution in [-0.4, -0.2) is 30.0 Å². The number of nitrogens with two attached hydrogens (primary N) is 1. The molecule has 2 rings (SSSR count). The number of carbonyl (C=O) groups is 1. The highest BCUT2D eigenvalue weighted by molar-refractivity contribution is 5.95. The maximum atomic E-state index is 12.6. The van der Waals surface area contributed by atoms with Crippen molar-refractivity contribution in [2.75, 3.05) is 12.8 Å². The van der Waals surface area contributed by atoms with Crippen LogP contribution in [-0.2, 0) is 0 Å². The van der Waals surface area contributed by atoms with E-state index < -0.39 is 0 Å². The predicted molar refractivity (Wildman–Crippen MR) is 76.4 cm³/mol. The van der Waals surface area contributed by atoms with E-state index in [1.807, 2.05) is 4.90 Å². The molecule has 2 atom stereocenters. The molecule has 0 saturated carbocycles. The van der Waals surface area contributed by atoms with Gasteiger partial charge in [-0.3, -0.25) is 4.79 Å². The van der Waals surface area contributed by atoms with E-state index >= 15 is 0 Å². The molecule has 1 heterocycles. The Balaban J connectivity index is 2.28. The number of nitrogens with zero attached hydrogens (tertiary/aromatic N) is 1. The molecule has 0 spiro atoms. The van der Waals surface area contributed by atoms with E-state index in [-0.39, 0.29) is 5.91 Å². The Morgan fingerprint density at radius 2 is 2.21 bits per heavy atom. The summed E-state index contributed by atoms with van der Waals surface area (Å²) in [6.45, 7) is 4.24. The molecule has 104 valence electrons. The fourth-order valence-corrected chi connectivity index (χ4v) is 2.83. The molecule has 1 saturated heterocycles. The van der Waals surface area contributed by atoms with Crippen LogP contribution in [0.25, 0.3) is 0 Å². The number of nitrogen functional groups attached to an aromatic ring is 1. The number of carbonyl (C=O) groups excluding carboxylic acids is 1.